The Balaban J connectivity index is 1.95. The van der Waals surface area contributed by atoms with Crippen LogP contribution in [0.2, 0.25) is 0 Å². The van der Waals surface area contributed by atoms with Gasteiger partial charge in [-0.05, 0) is 26.2 Å². The highest BCUT2D eigenvalue weighted by Crippen LogP contribution is 2.25. The quantitative estimate of drug-likeness (QED) is 0.649. The second kappa shape index (κ2) is 4.10. The number of amides is 1. The summed E-state index contributed by atoms with van der Waals surface area (Å²) in [6, 6.07) is 0.335. The molecule has 2 N–H and O–H groups in total. The minimum Gasteiger partial charge on any atom is -0.389 e. The van der Waals surface area contributed by atoms with E-state index in [9.17, 15) is 9.90 Å². The van der Waals surface area contributed by atoms with Gasteiger partial charge in [-0.2, -0.15) is 0 Å². The maximum Gasteiger partial charge on any atom is 0.221 e. The smallest absolute Gasteiger partial charge is 0.221 e. The number of hydrogen-bond acceptors (Lipinski definition) is 3. The highest BCUT2D eigenvalue weighted by Gasteiger charge is 2.35. The molecule has 0 aromatic carbocycles. The standard InChI is InChI=1S/C11H20N2O2/c1-11(15)4-6-13(8-11)9-3-2-5-12-10(14)7-9/h9,15H,2-8H2,1H3,(H,12,14). The third kappa shape index (κ3) is 2.69. The number of rotatable bonds is 1. The van der Waals surface area contributed by atoms with Crippen LogP contribution in [-0.2, 0) is 4.79 Å². The van der Waals surface area contributed by atoms with E-state index in [1.54, 1.807) is 0 Å². The molecule has 4 heteroatoms. The maximum atomic E-state index is 11.4. The van der Waals surface area contributed by atoms with E-state index in [0.29, 0.717) is 19.0 Å². The molecule has 0 aromatic rings. The van der Waals surface area contributed by atoms with E-state index in [-0.39, 0.29) is 5.91 Å². The van der Waals surface area contributed by atoms with Gasteiger partial charge in [0.2, 0.25) is 5.91 Å². The Morgan fingerprint density at radius 1 is 1.60 bits per heavy atom. The first-order chi connectivity index (χ1) is 7.07. The Kier molecular flexibility index (Phi) is 2.98. The topological polar surface area (TPSA) is 52.6 Å². The molecule has 2 heterocycles. The highest BCUT2D eigenvalue weighted by molar-refractivity contribution is 5.76. The first kappa shape index (κ1) is 10.9. The number of hydrogen-bond donors (Lipinski definition) is 2. The van der Waals surface area contributed by atoms with Crippen molar-refractivity contribution in [2.24, 2.45) is 0 Å². The zero-order valence-corrected chi connectivity index (χ0v) is 9.33. The van der Waals surface area contributed by atoms with Crippen LogP contribution in [0.5, 0.6) is 0 Å². The molecule has 2 fully saturated rings. The van der Waals surface area contributed by atoms with Gasteiger partial charge >= 0.3 is 0 Å². The number of β-amino-alcohol motifs (C(OH)–C–C–N with tert-alkyl or cyclic N) is 1. The molecule has 0 spiro atoms. The maximum absolute atomic E-state index is 11.4. The Bertz CT molecular complexity index is 253. The summed E-state index contributed by atoms with van der Waals surface area (Å²) in [7, 11) is 0. The van der Waals surface area contributed by atoms with Crippen molar-refractivity contribution in [1.82, 2.24) is 10.2 Å². The minimum absolute atomic E-state index is 0.157. The van der Waals surface area contributed by atoms with Gasteiger partial charge in [0.1, 0.15) is 0 Å². The second-order valence-corrected chi connectivity index (χ2v) is 5.07. The van der Waals surface area contributed by atoms with E-state index in [2.05, 4.69) is 10.2 Å². The van der Waals surface area contributed by atoms with Crippen LogP contribution in [-0.4, -0.2) is 47.2 Å². The summed E-state index contributed by atoms with van der Waals surface area (Å²) in [5.41, 5.74) is -0.553. The molecule has 0 saturated carbocycles. The molecule has 4 nitrogen and oxygen atoms in total. The van der Waals surface area contributed by atoms with E-state index in [1.807, 2.05) is 6.92 Å². The van der Waals surface area contributed by atoms with Crippen LogP contribution < -0.4 is 5.32 Å². The number of carbonyl (C=O) groups excluding carboxylic acids is 1. The molecule has 2 aliphatic rings. The first-order valence-corrected chi connectivity index (χ1v) is 5.80. The van der Waals surface area contributed by atoms with Gasteiger partial charge in [0.05, 0.1) is 5.60 Å². The van der Waals surface area contributed by atoms with E-state index in [0.717, 1.165) is 32.4 Å². The summed E-state index contributed by atoms with van der Waals surface area (Å²) < 4.78 is 0. The summed E-state index contributed by atoms with van der Waals surface area (Å²) in [6.45, 7) is 4.32. The van der Waals surface area contributed by atoms with Gasteiger partial charge < -0.3 is 10.4 Å². The van der Waals surface area contributed by atoms with Gasteiger partial charge in [-0.15, -0.1) is 0 Å². The third-order valence-electron chi connectivity index (χ3n) is 3.46. The van der Waals surface area contributed by atoms with Crippen molar-refractivity contribution in [3.8, 4) is 0 Å². The summed E-state index contributed by atoms with van der Waals surface area (Å²) in [6.07, 6.45) is 3.53. The number of aliphatic hydroxyl groups is 1. The fraction of sp³-hybridized carbons (Fsp3) is 0.909. The van der Waals surface area contributed by atoms with Gasteiger partial charge in [-0.25, -0.2) is 0 Å². The fourth-order valence-electron chi connectivity index (χ4n) is 2.56. The average molecular weight is 212 g/mol. The van der Waals surface area contributed by atoms with Crippen molar-refractivity contribution in [2.45, 2.75) is 44.2 Å². The van der Waals surface area contributed by atoms with Crippen molar-refractivity contribution in [3.05, 3.63) is 0 Å². The van der Waals surface area contributed by atoms with Gasteiger partial charge in [-0.3, -0.25) is 9.69 Å². The van der Waals surface area contributed by atoms with Crippen LogP contribution in [0.1, 0.15) is 32.6 Å². The van der Waals surface area contributed by atoms with Gasteiger partial charge in [0.25, 0.3) is 0 Å². The van der Waals surface area contributed by atoms with Crippen LogP contribution in [0.4, 0.5) is 0 Å². The second-order valence-electron chi connectivity index (χ2n) is 5.07. The van der Waals surface area contributed by atoms with Crippen molar-refractivity contribution in [1.29, 1.82) is 0 Å². The zero-order valence-electron chi connectivity index (χ0n) is 9.33. The number of likely N-dealkylation sites (tertiary alicyclic amines) is 1. The number of nitrogens with zero attached hydrogens (tertiary/aromatic N) is 1. The molecule has 2 unspecified atom stereocenters. The molecular weight excluding hydrogens is 192 g/mol. The summed E-state index contributed by atoms with van der Waals surface area (Å²) in [5, 5.41) is 12.8. The molecule has 2 aliphatic heterocycles. The molecule has 2 rings (SSSR count). The molecule has 1 amide bonds. The molecule has 86 valence electrons. The first-order valence-electron chi connectivity index (χ1n) is 5.80. The Morgan fingerprint density at radius 2 is 2.40 bits per heavy atom. The fourth-order valence-corrected chi connectivity index (χ4v) is 2.56. The van der Waals surface area contributed by atoms with E-state index < -0.39 is 5.60 Å². The molecule has 15 heavy (non-hydrogen) atoms. The zero-order chi connectivity index (χ0) is 10.9. The van der Waals surface area contributed by atoms with E-state index >= 15 is 0 Å². The molecule has 2 atom stereocenters. The summed E-state index contributed by atoms with van der Waals surface area (Å²) in [4.78, 5) is 13.7. The lowest BCUT2D eigenvalue weighted by Crippen LogP contribution is -2.38. The van der Waals surface area contributed by atoms with Gasteiger partial charge in [0, 0.05) is 32.1 Å². The lowest BCUT2D eigenvalue weighted by Gasteiger charge is -2.26. The molecule has 0 bridgehead atoms. The third-order valence-corrected chi connectivity index (χ3v) is 3.46. The van der Waals surface area contributed by atoms with Crippen molar-refractivity contribution < 1.29 is 9.90 Å². The van der Waals surface area contributed by atoms with E-state index in [1.165, 1.54) is 0 Å². The lowest BCUT2D eigenvalue weighted by molar-refractivity contribution is -0.121. The number of carbonyl (C=O) groups is 1. The molecule has 0 radical (unpaired) electrons. The van der Waals surface area contributed by atoms with Gasteiger partial charge in [0.15, 0.2) is 0 Å². The summed E-state index contributed by atoms with van der Waals surface area (Å²) in [5.74, 6) is 0.157. The predicted molar refractivity (Wildman–Crippen MR) is 57.5 cm³/mol. The van der Waals surface area contributed by atoms with Crippen molar-refractivity contribution in [3.63, 3.8) is 0 Å². The van der Waals surface area contributed by atoms with Crippen LogP contribution in [0.25, 0.3) is 0 Å². The number of nitrogens with one attached hydrogen (secondary N) is 1. The molecule has 0 aromatic heterocycles. The monoisotopic (exact) mass is 212 g/mol. The highest BCUT2D eigenvalue weighted by atomic mass is 16.3. The Labute approximate surface area is 90.6 Å². The molecule has 0 aliphatic carbocycles. The van der Waals surface area contributed by atoms with Crippen LogP contribution in [0.15, 0.2) is 0 Å². The Hall–Kier alpha value is -0.610. The lowest BCUT2D eigenvalue weighted by atomic mass is 10.1. The largest absolute Gasteiger partial charge is 0.389 e. The van der Waals surface area contributed by atoms with Crippen LogP contribution in [0, 0.1) is 0 Å². The predicted octanol–water partition coefficient (Wildman–Crippen LogP) is 0.112. The minimum atomic E-state index is -0.553. The van der Waals surface area contributed by atoms with Crippen LogP contribution >= 0.6 is 0 Å². The summed E-state index contributed by atoms with van der Waals surface area (Å²) >= 11 is 0. The Morgan fingerprint density at radius 3 is 3.07 bits per heavy atom. The van der Waals surface area contributed by atoms with Gasteiger partial charge in [-0.1, -0.05) is 0 Å². The van der Waals surface area contributed by atoms with Crippen molar-refractivity contribution >= 4 is 5.91 Å². The average Bonchev–Trinajstić information content (AvgIpc) is 2.39. The van der Waals surface area contributed by atoms with Crippen molar-refractivity contribution in [2.75, 3.05) is 19.6 Å². The SMILES string of the molecule is CC1(O)CCN(C2CCCNC(=O)C2)C1. The van der Waals surface area contributed by atoms with Crippen LogP contribution in [0.3, 0.4) is 0 Å². The molecule has 2 saturated heterocycles. The van der Waals surface area contributed by atoms with E-state index in [4.69, 9.17) is 0 Å². The molecular formula is C11H20N2O2. The normalized spacial score (nSPS) is 38.8.